The van der Waals surface area contributed by atoms with Crippen molar-refractivity contribution in [3.63, 3.8) is 0 Å². The lowest BCUT2D eigenvalue weighted by Gasteiger charge is -2.19. The highest BCUT2D eigenvalue weighted by Crippen LogP contribution is 2.22. The Bertz CT molecular complexity index is 1410. The van der Waals surface area contributed by atoms with E-state index in [-0.39, 0.29) is 24.9 Å². The molecule has 0 radical (unpaired) electrons. The fourth-order valence-corrected chi connectivity index (χ4v) is 4.16. The predicted molar refractivity (Wildman–Crippen MR) is 135 cm³/mol. The number of benzene rings is 2. The number of fused-ring (bicyclic) bond motifs is 1. The topological polar surface area (TPSA) is 127 Å². The quantitative estimate of drug-likeness (QED) is 0.332. The average Bonchev–Trinajstić information content (AvgIpc) is 2.89. The van der Waals surface area contributed by atoms with Gasteiger partial charge in [0.25, 0.3) is 5.56 Å². The van der Waals surface area contributed by atoms with Crippen LogP contribution in [-0.4, -0.2) is 49.4 Å². The van der Waals surface area contributed by atoms with Crippen LogP contribution in [-0.2, 0) is 17.8 Å². The zero-order chi connectivity index (χ0) is 25.7. The first-order valence-electron chi connectivity index (χ1n) is 11.4. The number of aliphatic hydroxyl groups is 1. The van der Waals surface area contributed by atoms with Crippen molar-refractivity contribution in [1.29, 1.82) is 0 Å². The molecule has 0 saturated heterocycles. The van der Waals surface area contributed by atoms with E-state index in [4.69, 9.17) is 16.3 Å². The lowest BCUT2D eigenvalue weighted by Crippen LogP contribution is -2.32. The summed E-state index contributed by atoms with van der Waals surface area (Å²) in [5.41, 5.74) is 2.89. The second-order valence-electron chi connectivity index (χ2n) is 8.40. The van der Waals surface area contributed by atoms with Crippen molar-refractivity contribution in [2.24, 2.45) is 5.92 Å². The summed E-state index contributed by atoms with van der Waals surface area (Å²) in [6, 6.07) is 16.2. The fourth-order valence-electron chi connectivity index (χ4n) is 3.99. The molecule has 2 heterocycles. The van der Waals surface area contributed by atoms with Crippen molar-refractivity contribution >= 4 is 28.5 Å². The molecule has 186 valence electrons. The average molecular weight is 509 g/mol. The van der Waals surface area contributed by atoms with E-state index in [1.54, 1.807) is 37.6 Å². The van der Waals surface area contributed by atoms with Crippen LogP contribution in [0.1, 0.15) is 18.4 Å². The zero-order valence-electron chi connectivity index (χ0n) is 19.5. The molecule has 9 nitrogen and oxygen atoms in total. The summed E-state index contributed by atoms with van der Waals surface area (Å²) in [4.78, 5) is 28.7. The summed E-state index contributed by atoms with van der Waals surface area (Å²) in [6.45, 7) is 0.0169. The molecule has 0 aliphatic rings. The van der Waals surface area contributed by atoms with Crippen molar-refractivity contribution in [2.45, 2.75) is 31.9 Å². The number of ether oxygens (including phenoxy) is 1. The van der Waals surface area contributed by atoms with Gasteiger partial charge in [-0.2, -0.15) is 0 Å². The highest BCUT2D eigenvalue weighted by molar-refractivity contribution is 6.31. The van der Waals surface area contributed by atoms with Gasteiger partial charge in [0.05, 0.1) is 24.5 Å². The van der Waals surface area contributed by atoms with Crippen molar-refractivity contribution in [3.05, 3.63) is 81.7 Å². The van der Waals surface area contributed by atoms with E-state index in [2.05, 4.69) is 15.3 Å². The largest absolute Gasteiger partial charge is 0.481 e. The first-order valence-corrected chi connectivity index (χ1v) is 11.8. The van der Waals surface area contributed by atoms with Crippen molar-refractivity contribution in [3.8, 4) is 17.0 Å². The molecule has 0 saturated carbocycles. The number of aromatic nitrogens is 4. The summed E-state index contributed by atoms with van der Waals surface area (Å²) in [5.74, 6) is -1.64. The molecule has 36 heavy (non-hydrogen) atoms. The molecule has 0 amide bonds. The first kappa shape index (κ1) is 25.3. The van der Waals surface area contributed by atoms with Gasteiger partial charge in [-0.05, 0) is 54.7 Å². The third-order valence-electron chi connectivity index (χ3n) is 6.08. The summed E-state index contributed by atoms with van der Waals surface area (Å²) in [6.07, 6.45) is 1.44. The van der Waals surface area contributed by atoms with Crippen LogP contribution in [0.5, 0.6) is 5.88 Å². The maximum absolute atomic E-state index is 12.7. The second kappa shape index (κ2) is 11.3. The number of rotatable bonds is 10. The minimum atomic E-state index is -1.13. The maximum Gasteiger partial charge on any atom is 0.309 e. The molecule has 0 spiro atoms. The summed E-state index contributed by atoms with van der Waals surface area (Å²) >= 11 is 5.93. The van der Waals surface area contributed by atoms with Gasteiger partial charge >= 0.3 is 5.97 Å². The van der Waals surface area contributed by atoms with E-state index >= 15 is 0 Å². The fraction of sp³-hybridized carbons (Fsp3) is 0.269. The van der Waals surface area contributed by atoms with Gasteiger partial charge in [-0.1, -0.05) is 41.1 Å². The van der Waals surface area contributed by atoms with Gasteiger partial charge in [0.1, 0.15) is 5.52 Å². The molecule has 2 atom stereocenters. The normalized spacial score (nSPS) is 12.9. The minimum Gasteiger partial charge on any atom is -0.481 e. The summed E-state index contributed by atoms with van der Waals surface area (Å²) < 4.78 is 6.20. The molecule has 0 unspecified atom stereocenters. The minimum absolute atomic E-state index is 0.0169. The number of aliphatic carboxylic acids is 1. The SMILES string of the molecule is COc1ccc(-c2ccc(CC[C@@H](O)[C@H](CCn3nnc4cc(Cl)ccc4c3=O)C(=O)O)cc2)cn1. The molecular formula is C26H25ClN4O5. The number of pyridine rings is 1. The van der Waals surface area contributed by atoms with Crippen molar-refractivity contribution < 1.29 is 19.7 Å². The third-order valence-corrected chi connectivity index (χ3v) is 6.32. The van der Waals surface area contributed by atoms with Crippen LogP contribution in [0.2, 0.25) is 5.02 Å². The van der Waals surface area contributed by atoms with E-state index in [1.165, 1.54) is 0 Å². The van der Waals surface area contributed by atoms with Crippen LogP contribution in [0.3, 0.4) is 0 Å². The lowest BCUT2D eigenvalue weighted by molar-refractivity contribution is -0.146. The number of halogens is 1. The number of hydrogen-bond acceptors (Lipinski definition) is 7. The van der Waals surface area contributed by atoms with Crippen molar-refractivity contribution in [1.82, 2.24) is 20.0 Å². The molecule has 2 aromatic carbocycles. The van der Waals surface area contributed by atoms with Crippen LogP contribution in [0.4, 0.5) is 0 Å². The van der Waals surface area contributed by atoms with Gasteiger partial charge in [-0.25, -0.2) is 9.67 Å². The smallest absolute Gasteiger partial charge is 0.309 e. The monoisotopic (exact) mass is 508 g/mol. The summed E-state index contributed by atoms with van der Waals surface area (Å²) in [7, 11) is 1.56. The number of nitrogens with zero attached hydrogens (tertiary/aromatic N) is 4. The van der Waals surface area contributed by atoms with Gasteiger partial charge in [0.15, 0.2) is 0 Å². The number of aliphatic hydroxyl groups excluding tert-OH is 1. The Kier molecular flexibility index (Phi) is 7.92. The third kappa shape index (κ3) is 5.87. The van der Waals surface area contributed by atoms with Gasteiger partial charge in [-0.3, -0.25) is 9.59 Å². The van der Waals surface area contributed by atoms with Crippen molar-refractivity contribution in [2.75, 3.05) is 7.11 Å². The number of aryl methyl sites for hydroxylation is 2. The standard InChI is InChI=1S/C26H25ClN4O5/c1-36-24-11-7-18(15-28-24)17-5-2-16(3-6-17)4-10-23(32)21(26(34)35)12-13-31-25(33)20-9-8-19(27)14-22(20)29-30-31/h2-3,5-9,11,14-15,21,23,32H,4,10,12-13H2,1H3,(H,34,35)/t21-,23+/m0/s1. The Labute approximate surface area is 212 Å². The molecule has 0 aliphatic heterocycles. The Hall–Kier alpha value is -3.82. The number of carboxylic acid groups (broad SMARTS) is 1. The van der Waals surface area contributed by atoms with Gasteiger partial charge in [0.2, 0.25) is 5.88 Å². The van der Waals surface area contributed by atoms with E-state index < -0.39 is 18.0 Å². The Balaban J connectivity index is 1.37. The molecule has 4 rings (SSSR count). The Morgan fingerprint density at radius 1 is 1.08 bits per heavy atom. The second-order valence-corrected chi connectivity index (χ2v) is 8.84. The first-order chi connectivity index (χ1) is 17.4. The Morgan fingerprint density at radius 2 is 1.83 bits per heavy atom. The van der Waals surface area contributed by atoms with Crippen LogP contribution < -0.4 is 10.3 Å². The van der Waals surface area contributed by atoms with Gasteiger partial charge < -0.3 is 14.9 Å². The highest BCUT2D eigenvalue weighted by Gasteiger charge is 2.26. The number of hydrogen-bond donors (Lipinski definition) is 2. The van der Waals surface area contributed by atoms with Gasteiger partial charge in [-0.15, -0.1) is 5.10 Å². The Morgan fingerprint density at radius 3 is 2.50 bits per heavy atom. The van der Waals surface area contributed by atoms with E-state index in [1.807, 2.05) is 30.3 Å². The number of methoxy groups -OCH3 is 1. The number of carboxylic acids is 1. The molecule has 10 heteroatoms. The molecule has 2 aromatic heterocycles. The summed E-state index contributed by atoms with van der Waals surface area (Å²) in [5, 5.41) is 29.0. The van der Waals surface area contributed by atoms with E-state index in [0.717, 1.165) is 21.4 Å². The van der Waals surface area contributed by atoms with E-state index in [0.29, 0.717) is 28.2 Å². The van der Waals surface area contributed by atoms with Crippen LogP contribution in [0, 0.1) is 5.92 Å². The molecular weight excluding hydrogens is 484 g/mol. The van der Waals surface area contributed by atoms with Crippen LogP contribution in [0.25, 0.3) is 22.0 Å². The molecule has 0 fully saturated rings. The maximum atomic E-state index is 12.7. The zero-order valence-corrected chi connectivity index (χ0v) is 20.3. The molecule has 2 N–H and O–H groups in total. The van der Waals surface area contributed by atoms with Gasteiger partial charge in [0, 0.05) is 29.4 Å². The lowest BCUT2D eigenvalue weighted by atomic mass is 9.93. The molecule has 4 aromatic rings. The predicted octanol–water partition coefficient (Wildman–Crippen LogP) is 3.60. The van der Waals surface area contributed by atoms with Crippen LogP contribution >= 0.6 is 11.6 Å². The number of carbonyl (C=O) groups is 1. The van der Waals surface area contributed by atoms with Crippen LogP contribution in [0.15, 0.2) is 65.6 Å². The molecule has 0 bridgehead atoms. The highest BCUT2D eigenvalue weighted by atomic mass is 35.5. The van der Waals surface area contributed by atoms with E-state index in [9.17, 15) is 19.8 Å². The molecule has 0 aliphatic carbocycles.